The second-order valence-corrected chi connectivity index (χ2v) is 6.91. The lowest BCUT2D eigenvalue weighted by molar-refractivity contribution is -0.137. The van der Waals surface area contributed by atoms with Crippen LogP contribution in [-0.4, -0.2) is 26.7 Å². The highest BCUT2D eigenvalue weighted by Crippen LogP contribution is 2.30. The molecule has 2 atom stereocenters. The van der Waals surface area contributed by atoms with Gasteiger partial charge in [-0.15, -0.1) is 0 Å². The van der Waals surface area contributed by atoms with Crippen molar-refractivity contribution in [2.45, 2.75) is 37.9 Å². The molecule has 3 N–H and O–H groups in total. The van der Waals surface area contributed by atoms with Gasteiger partial charge in [-0.3, -0.25) is 9.59 Å². The zero-order valence-corrected chi connectivity index (χ0v) is 15.3. The smallest absolute Gasteiger partial charge is 0.379 e. The summed E-state index contributed by atoms with van der Waals surface area (Å²) in [6.07, 6.45) is 0.473. The number of halogens is 4. The molecule has 1 aliphatic rings. The second kappa shape index (κ2) is 7.78. The molecule has 1 amide bonds. The van der Waals surface area contributed by atoms with Crippen molar-refractivity contribution in [1.29, 1.82) is 0 Å². The number of primary amides is 1. The highest BCUT2D eigenvalue weighted by Gasteiger charge is 2.31. The normalized spacial score (nSPS) is 20.0. The average molecular weight is 416 g/mol. The number of rotatable bonds is 4. The van der Waals surface area contributed by atoms with Crippen molar-refractivity contribution in [3.63, 3.8) is 0 Å². The standard InChI is InChI=1S/C17H17ClF3N5O2/c18-14-12(25-11-4-2-1-3-10(11)15(22)27)8-24-26(16(14)28)13-6-5-9(7-23-13)17(19,20)21/h5-8,10-11,25H,1-4H2,(H2,22,27). The van der Waals surface area contributed by atoms with E-state index in [1.807, 2.05) is 0 Å². The molecule has 1 saturated carbocycles. The Labute approximate surface area is 162 Å². The van der Waals surface area contributed by atoms with Crippen molar-refractivity contribution in [3.8, 4) is 5.82 Å². The van der Waals surface area contributed by atoms with Crippen LogP contribution in [0.1, 0.15) is 31.2 Å². The molecule has 7 nitrogen and oxygen atoms in total. The van der Waals surface area contributed by atoms with Gasteiger partial charge in [-0.2, -0.15) is 23.0 Å². The molecule has 150 valence electrons. The lowest BCUT2D eigenvalue weighted by Crippen LogP contribution is -2.41. The molecule has 2 aromatic heterocycles. The first-order valence-corrected chi connectivity index (χ1v) is 8.93. The van der Waals surface area contributed by atoms with Crippen LogP contribution in [0.4, 0.5) is 18.9 Å². The van der Waals surface area contributed by atoms with E-state index in [4.69, 9.17) is 17.3 Å². The van der Waals surface area contributed by atoms with Gasteiger partial charge in [0.2, 0.25) is 5.91 Å². The topological polar surface area (TPSA) is 103 Å². The first-order valence-electron chi connectivity index (χ1n) is 8.56. The number of hydrogen-bond acceptors (Lipinski definition) is 5. The van der Waals surface area contributed by atoms with Crippen LogP contribution in [-0.2, 0) is 11.0 Å². The number of alkyl halides is 3. The minimum atomic E-state index is -4.54. The zero-order valence-electron chi connectivity index (χ0n) is 14.5. The Morgan fingerprint density at radius 2 is 1.96 bits per heavy atom. The Morgan fingerprint density at radius 3 is 2.57 bits per heavy atom. The predicted molar refractivity (Wildman–Crippen MR) is 96.2 cm³/mol. The van der Waals surface area contributed by atoms with E-state index < -0.39 is 23.2 Å². The van der Waals surface area contributed by atoms with Crippen LogP contribution in [0.25, 0.3) is 5.82 Å². The highest BCUT2D eigenvalue weighted by molar-refractivity contribution is 6.33. The fourth-order valence-electron chi connectivity index (χ4n) is 3.22. The van der Waals surface area contributed by atoms with Gasteiger partial charge in [0.25, 0.3) is 5.56 Å². The number of nitrogens with two attached hydrogens (primary N) is 1. The van der Waals surface area contributed by atoms with Crippen LogP contribution in [0.3, 0.4) is 0 Å². The number of pyridine rings is 1. The van der Waals surface area contributed by atoms with Gasteiger partial charge in [-0.1, -0.05) is 24.4 Å². The van der Waals surface area contributed by atoms with E-state index in [1.165, 1.54) is 6.20 Å². The molecular weight excluding hydrogens is 399 g/mol. The number of amides is 1. The molecule has 0 aliphatic heterocycles. The fraction of sp³-hybridized carbons (Fsp3) is 0.412. The van der Waals surface area contributed by atoms with E-state index in [9.17, 15) is 22.8 Å². The Balaban J connectivity index is 1.87. The summed E-state index contributed by atoms with van der Waals surface area (Å²) >= 11 is 6.14. The van der Waals surface area contributed by atoms with Crippen LogP contribution in [0, 0.1) is 5.92 Å². The molecular formula is C17H17ClF3N5O2. The van der Waals surface area contributed by atoms with Gasteiger partial charge in [0.15, 0.2) is 5.82 Å². The fourth-order valence-corrected chi connectivity index (χ4v) is 3.40. The third-order valence-electron chi connectivity index (χ3n) is 4.68. The summed E-state index contributed by atoms with van der Waals surface area (Å²) in [4.78, 5) is 27.8. The number of nitrogens with one attached hydrogen (secondary N) is 1. The van der Waals surface area contributed by atoms with Crippen LogP contribution in [0.2, 0.25) is 5.02 Å². The first-order chi connectivity index (χ1) is 13.2. The molecule has 0 bridgehead atoms. The lowest BCUT2D eigenvalue weighted by Gasteiger charge is -2.30. The first kappa shape index (κ1) is 20.1. The molecule has 2 heterocycles. The molecule has 11 heteroatoms. The molecule has 0 aromatic carbocycles. The molecule has 2 aromatic rings. The molecule has 1 aliphatic carbocycles. The maximum Gasteiger partial charge on any atom is 0.417 e. The van der Waals surface area contributed by atoms with Gasteiger partial charge in [-0.05, 0) is 25.0 Å². The van der Waals surface area contributed by atoms with Gasteiger partial charge in [0.1, 0.15) is 5.02 Å². The summed E-state index contributed by atoms with van der Waals surface area (Å²) in [6.45, 7) is 0. The van der Waals surface area contributed by atoms with Crippen LogP contribution in [0.15, 0.2) is 29.3 Å². The molecule has 1 fully saturated rings. The summed E-state index contributed by atoms with van der Waals surface area (Å²) in [7, 11) is 0. The van der Waals surface area contributed by atoms with Crippen molar-refractivity contribution in [1.82, 2.24) is 14.8 Å². The lowest BCUT2D eigenvalue weighted by atomic mass is 9.84. The Hall–Kier alpha value is -2.62. The van der Waals surface area contributed by atoms with Crippen molar-refractivity contribution in [2.75, 3.05) is 5.32 Å². The number of aromatic nitrogens is 3. The van der Waals surface area contributed by atoms with Gasteiger partial charge >= 0.3 is 6.18 Å². The van der Waals surface area contributed by atoms with Crippen LogP contribution >= 0.6 is 11.6 Å². The van der Waals surface area contributed by atoms with E-state index in [1.54, 1.807) is 0 Å². The van der Waals surface area contributed by atoms with E-state index >= 15 is 0 Å². The second-order valence-electron chi connectivity index (χ2n) is 6.54. The minimum absolute atomic E-state index is 0.0980. The van der Waals surface area contributed by atoms with Crippen molar-refractivity contribution >= 4 is 23.2 Å². The Bertz CT molecular complexity index is 930. The van der Waals surface area contributed by atoms with E-state index in [2.05, 4.69) is 15.4 Å². The van der Waals surface area contributed by atoms with E-state index in [0.29, 0.717) is 19.0 Å². The largest absolute Gasteiger partial charge is 0.417 e. The zero-order chi connectivity index (χ0) is 20.5. The van der Waals surface area contributed by atoms with Gasteiger partial charge in [0, 0.05) is 12.2 Å². The number of carbonyl (C=O) groups excluding carboxylic acids is 1. The summed E-state index contributed by atoms with van der Waals surface area (Å²) in [5.41, 5.74) is 3.98. The van der Waals surface area contributed by atoms with E-state index in [-0.39, 0.29) is 28.5 Å². The van der Waals surface area contributed by atoms with Gasteiger partial charge in [-0.25, -0.2) is 4.98 Å². The number of anilines is 1. The molecule has 0 spiro atoms. The third-order valence-corrected chi connectivity index (χ3v) is 5.05. The van der Waals surface area contributed by atoms with E-state index in [0.717, 1.165) is 29.7 Å². The van der Waals surface area contributed by atoms with Gasteiger partial charge in [0.05, 0.1) is 23.4 Å². The maximum atomic E-state index is 12.6. The SMILES string of the molecule is NC(=O)C1CCCCC1Nc1cnn(-c2ccc(C(F)(F)F)cn2)c(=O)c1Cl. The van der Waals surface area contributed by atoms with Crippen molar-refractivity contribution < 1.29 is 18.0 Å². The monoisotopic (exact) mass is 415 g/mol. The number of nitrogens with zero attached hydrogens (tertiary/aromatic N) is 3. The molecule has 28 heavy (non-hydrogen) atoms. The van der Waals surface area contributed by atoms with Crippen molar-refractivity contribution in [3.05, 3.63) is 45.5 Å². The molecule has 2 unspecified atom stereocenters. The molecule has 0 saturated heterocycles. The van der Waals surface area contributed by atoms with Gasteiger partial charge < -0.3 is 11.1 Å². The minimum Gasteiger partial charge on any atom is -0.379 e. The Morgan fingerprint density at radius 1 is 1.25 bits per heavy atom. The van der Waals surface area contributed by atoms with Crippen molar-refractivity contribution in [2.24, 2.45) is 11.7 Å². The summed E-state index contributed by atoms with van der Waals surface area (Å²) in [5.74, 6) is -0.911. The third kappa shape index (κ3) is 4.11. The predicted octanol–water partition coefficient (Wildman–Crippen LogP) is 2.76. The number of hydrogen-bond donors (Lipinski definition) is 2. The molecule has 3 rings (SSSR count). The summed E-state index contributed by atoms with van der Waals surface area (Å²) < 4.78 is 38.7. The number of carbonyl (C=O) groups is 1. The quantitative estimate of drug-likeness (QED) is 0.799. The average Bonchev–Trinajstić information content (AvgIpc) is 2.65. The van der Waals surface area contributed by atoms with Crippen LogP contribution in [0.5, 0.6) is 0 Å². The highest BCUT2D eigenvalue weighted by atomic mass is 35.5. The summed E-state index contributed by atoms with van der Waals surface area (Å²) in [5, 5.41) is 6.78. The maximum absolute atomic E-state index is 12.6. The van der Waals surface area contributed by atoms with Crippen LogP contribution < -0.4 is 16.6 Å². The Kier molecular flexibility index (Phi) is 5.59. The molecule has 0 radical (unpaired) electrons. The summed E-state index contributed by atoms with van der Waals surface area (Å²) in [6, 6.07) is 1.56.